The normalized spacial score (nSPS) is 10.9. The molecule has 0 radical (unpaired) electrons. The van der Waals surface area contributed by atoms with Crippen LogP contribution in [0.5, 0.6) is 0 Å². The highest BCUT2D eigenvalue weighted by molar-refractivity contribution is 6.39. The molecule has 6 nitrogen and oxygen atoms in total. The number of nitrogens with zero attached hydrogens (tertiary/aromatic N) is 2. The number of hydrogen-bond acceptors (Lipinski definition) is 6. The molecule has 0 spiro atoms. The summed E-state index contributed by atoms with van der Waals surface area (Å²) in [4.78, 5) is 29.1. The molecular weight excluding hydrogens is 200 g/mol. The Morgan fingerprint density at radius 1 is 1.47 bits per heavy atom. The molecule has 1 heterocycles. The predicted molar refractivity (Wildman–Crippen MR) is 49.7 cm³/mol. The first-order valence-electron chi connectivity index (χ1n) is 3.94. The lowest BCUT2D eigenvalue weighted by Crippen LogP contribution is -2.13. The molecule has 0 fully saturated rings. The summed E-state index contributed by atoms with van der Waals surface area (Å²) in [6.07, 6.45) is 4.76. The third kappa shape index (κ3) is 2.87. The average Bonchev–Trinajstić information content (AvgIpc) is 2.29. The van der Waals surface area contributed by atoms with Crippen LogP contribution >= 0.6 is 0 Å². The molecule has 0 amide bonds. The van der Waals surface area contributed by atoms with E-state index in [1.54, 1.807) is 0 Å². The van der Waals surface area contributed by atoms with Crippen LogP contribution < -0.4 is 0 Å². The standard InChI is InChI=1S/C9H8N2O4/c1-15-9(14)8(13)4-7(12)6-5-10-2-3-11-6/h2-5,12H,1H3/b7-4-. The lowest BCUT2D eigenvalue weighted by atomic mass is 10.3. The maximum Gasteiger partial charge on any atom is 0.378 e. The molecule has 0 aromatic carbocycles. The monoisotopic (exact) mass is 208 g/mol. The van der Waals surface area contributed by atoms with Crippen LogP contribution in [0.2, 0.25) is 0 Å². The van der Waals surface area contributed by atoms with Crippen LogP contribution in [0.3, 0.4) is 0 Å². The number of ether oxygens (including phenoxy) is 1. The van der Waals surface area contributed by atoms with Gasteiger partial charge in [-0.3, -0.25) is 9.78 Å². The van der Waals surface area contributed by atoms with Crippen LogP contribution in [0.15, 0.2) is 24.7 Å². The summed E-state index contributed by atoms with van der Waals surface area (Å²) in [7, 11) is 1.08. The van der Waals surface area contributed by atoms with Gasteiger partial charge in [0.25, 0.3) is 5.78 Å². The number of esters is 1. The smallest absolute Gasteiger partial charge is 0.378 e. The lowest BCUT2D eigenvalue weighted by molar-refractivity contribution is -0.149. The Morgan fingerprint density at radius 3 is 2.73 bits per heavy atom. The zero-order valence-electron chi connectivity index (χ0n) is 7.88. The first-order chi connectivity index (χ1) is 7.15. The second-order valence-corrected chi connectivity index (χ2v) is 2.48. The van der Waals surface area contributed by atoms with Gasteiger partial charge in [0, 0.05) is 18.5 Å². The van der Waals surface area contributed by atoms with E-state index in [1.807, 2.05) is 0 Å². The van der Waals surface area contributed by atoms with E-state index in [1.165, 1.54) is 18.6 Å². The minimum atomic E-state index is -1.05. The third-order valence-corrected chi connectivity index (χ3v) is 1.48. The molecule has 1 aromatic rings. The fourth-order valence-corrected chi connectivity index (χ4v) is 0.789. The highest BCUT2D eigenvalue weighted by Crippen LogP contribution is 2.05. The van der Waals surface area contributed by atoms with Gasteiger partial charge in [-0.2, -0.15) is 0 Å². The van der Waals surface area contributed by atoms with Gasteiger partial charge in [-0.25, -0.2) is 9.78 Å². The zero-order valence-corrected chi connectivity index (χ0v) is 7.88. The van der Waals surface area contributed by atoms with Crippen LogP contribution in [0.1, 0.15) is 5.69 Å². The van der Waals surface area contributed by atoms with Gasteiger partial charge in [-0.15, -0.1) is 0 Å². The van der Waals surface area contributed by atoms with Gasteiger partial charge in [-0.1, -0.05) is 0 Å². The summed E-state index contributed by atoms with van der Waals surface area (Å²) < 4.78 is 4.17. The number of carbonyl (C=O) groups excluding carboxylic acids is 2. The van der Waals surface area contributed by atoms with Crippen LogP contribution in [-0.2, 0) is 14.3 Å². The molecule has 0 saturated heterocycles. The van der Waals surface area contributed by atoms with Crippen molar-refractivity contribution >= 4 is 17.5 Å². The van der Waals surface area contributed by atoms with Crippen LogP contribution in [0.25, 0.3) is 5.76 Å². The van der Waals surface area contributed by atoms with E-state index in [4.69, 9.17) is 0 Å². The number of aromatic nitrogens is 2. The Hall–Kier alpha value is -2.24. The number of methoxy groups -OCH3 is 1. The fraction of sp³-hybridized carbons (Fsp3) is 0.111. The van der Waals surface area contributed by atoms with Crippen molar-refractivity contribution in [3.8, 4) is 0 Å². The molecule has 1 rings (SSSR count). The Balaban J connectivity index is 2.86. The first kappa shape index (κ1) is 10.8. The number of ketones is 1. The van der Waals surface area contributed by atoms with Gasteiger partial charge in [0.15, 0.2) is 0 Å². The summed E-state index contributed by atoms with van der Waals surface area (Å²) in [6.45, 7) is 0. The first-order valence-corrected chi connectivity index (χ1v) is 3.94. The lowest BCUT2D eigenvalue weighted by Gasteiger charge is -1.97. The van der Waals surface area contributed by atoms with E-state index in [0.29, 0.717) is 0 Å². The third-order valence-electron chi connectivity index (χ3n) is 1.48. The molecule has 6 heteroatoms. The summed E-state index contributed by atoms with van der Waals surface area (Å²) in [6, 6.07) is 0. The van der Waals surface area contributed by atoms with Crippen LogP contribution in [0.4, 0.5) is 0 Å². The minimum Gasteiger partial charge on any atom is -0.505 e. The molecule has 15 heavy (non-hydrogen) atoms. The molecule has 0 aliphatic carbocycles. The van der Waals surface area contributed by atoms with Gasteiger partial charge in [0.1, 0.15) is 11.5 Å². The molecule has 1 N–H and O–H groups in total. The fourth-order valence-electron chi connectivity index (χ4n) is 0.789. The Morgan fingerprint density at radius 2 is 2.20 bits per heavy atom. The van der Waals surface area contributed by atoms with Crippen molar-refractivity contribution in [3.05, 3.63) is 30.4 Å². The number of aliphatic hydroxyl groups is 1. The molecule has 0 bridgehead atoms. The van der Waals surface area contributed by atoms with E-state index in [-0.39, 0.29) is 5.69 Å². The molecule has 1 aromatic heterocycles. The molecule has 0 aliphatic heterocycles. The van der Waals surface area contributed by atoms with E-state index in [9.17, 15) is 14.7 Å². The van der Waals surface area contributed by atoms with Crippen molar-refractivity contribution in [2.75, 3.05) is 7.11 Å². The number of rotatable bonds is 3. The summed E-state index contributed by atoms with van der Waals surface area (Å²) in [5.74, 6) is -2.44. The SMILES string of the molecule is COC(=O)C(=O)/C=C(\O)c1cnccn1. The number of carbonyl (C=O) groups is 2. The second-order valence-electron chi connectivity index (χ2n) is 2.48. The molecule has 0 saturated carbocycles. The largest absolute Gasteiger partial charge is 0.505 e. The minimum absolute atomic E-state index is 0.106. The maximum absolute atomic E-state index is 11.0. The highest BCUT2D eigenvalue weighted by atomic mass is 16.5. The number of aliphatic hydroxyl groups excluding tert-OH is 1. The van der Waals surface area contributed by atoms with Crippen LogP contribution in [0, 0.1) is 0 Å². The van der Waals surface area contributed by atoms with Crippen molar-refractivity contribution in [2.45, 2.75) is 0 Å². The summed E-state index contributed by atoms with van der Waals surface area (Å²) in [5, 5.41) is 9.37. The van der Waals surface area contributed by atoms with Crippen molar-refractivity contribution in [1.29, 1.82) is 0 Å². The van der Waals surface area contributed by atoms with Crippen LogP contribution in [-0.4, -0.2) is 33.9 Å². The second kappa shape index (κ2) is 4.85. The molecule has 0 unspecified atom stereocenters. The van der Waals surface area contributed by atoms with Crippen molar-refractivity contribution < 1.29 is 19.4 Å². The Kier molecular flexibility index (Phi) is 3.50. The average molecular weight is 208 g/mol. The molecule has 0 atom stereocenters. The van der Waals surface area contributed by atoms with Crippen molar-refractivity contribution in [1.82, 2.24) is 9.97 Å². The maximum atomic E-state index is 11.0. The van der Waals surface area contributed by atoms with Gasteiger partial charge in [0.05, 0.1) is 13.3 Å². The Bertz CT molecular complexity index is 400. The van der Waals surface area contributed by atoms with E-state index >= 15 is 0 Å². The van der Waals surface area contributed by atoms with Gasteiger partial charge >= 0.3 is 5.97 Å². The topological polar surface area (TPSA) is 89.4 Å². The van der Waals surface area contributed by atoms with Gasteiger partial charge in [0.2, 0.25) is 0 Å². The van der Waals surface area contributed by atoms with E-state index in [0.717, 1.165) is 13.2 Å². The highest BCUT2D eigenvalue weighted by Gasteiger charge is 2.13. The zero-order chi connectivity index (χ0) is 11.3. The Labute approximate surface area is 85.2 Å². The molecule has 78 valence electrons. The predicted octanol–water partition coefficient (Wildman–Crippen LogP) is 0.118. The summed E-state index contributed by atoms with van der Waals surface area (Å²) in [5.41, 5.74) is 0.106. The molecule has 0 aliphatic rings. The van der Waals surface area contributed by atoms with E-state index < -0.39 is 17.5 Å². The summed E-state index contributed by atoms with van der Waals surface area (Å²) >= 11 is 0. The van der Waals surface area contributed by atoms with Gasteiger partial charge < -0.3 is 9.84 Å². The number of hydrogen-bond donors (Lipinski definition) is 1. The molecular formula is C9H8N2O4. The van der Waals surface area contributed by atoms with E-state index in [2.05, 4.69) is 14.7 Å². The quantitative estimate of drug-likeness (QED) is 0.328. The van der Waals surface area contributed by atoms with Crippen molar-refractivity contribution in [2.24, 2.45) is 0 Å². The van der Waals surface area contributed by atoms with Crippen molar-refractivity contribution in [3.63, 3.8) is 0 Å². The van der Waals surface area contributed by atoms with Gasteiger partial charge in [-0.05, 0) is 0 Å².